The highest BCUT2D eigenvalue weighted by Crippen LogP contribution is 2.35. The monoisotopic (exact) mass is 531 g/mol. The molecule has 0 radical (unpaired) electrons. The molecule has 0 bridgehead atoms. The number of nitrogens with two attached hydrogens (primary N) is 1. The third-order valence-corrected chi connectivity index (χ3v) is 6.30. The molecule has 0 saturated heterocycles. The van der Waals surface area contributed by atoms with Gasteiger partial charge >= 0.3 is 6.09 Å². The molecule has 7 nitrogen and oxygen atoms in total. The Morgan fingerprint density at radius 2 is 1.64 bits per heavy atom. The summed E-state index contributed by atoms with van der Waals surface area (Å²) in [6.45, 7) is 16.1. The molecule has 0 aliphatic rings. The van der Waals surface area contributed by atoms with Gasteiger partial charge in [0.15, 0.2) is 0 Å². The molecule has 0 saturated carbocycles. The molecule has 39 heavy (non-hydrogen) atoms. The molecule has 2 aromatic carbocycles. The van der Waals surface area contributed by atoms with Crippen molar-refractivity contribution in [1.29, 1.82) is 0 Å². The minimum absolute atomic E-state index is 0.0599. The minimum Gasteiger partial charge on any atom is -0.488 e. The number of aromatic nitrogens is 1. The van der Waals surface area contributed by atoms with Crippen LogP contribution in [0.5, 0.6) is 5.75 Å². The molecule has 0 aliphatic carbocycles. The standard InChI is InChI=1S/C32H41N3O4/c1-19(2)16-27-26(18-39-31(37)35-32(6,7)8)28(23-14-12-20(3)13-15-23)25(22(5)34-27)17-38-29-21(4)10-9-11-24(29)30(33)36/h9-15,19H,16-18H2,1-8H3,(H2,33,36)(H,35,37). The Kier molecular flexibility index (Phi) is 9.38. The summed E-state index contributed by atoms with van der Waals surface area (Å²) in [6, 6.07) is 13.6. The molecule has 0 spiro atoms. The van der Waals surface area contributed by atoms with Crippen molar-refractivity contribution in [2.45, 2.75) is 80.6 Å². The Balaban J connectivity index is 2.16. The van der Waals surface area contributed by atoms with Gasteiger partial charge in [-0.05, 0) is 76.6 Å². The van der Waals surface area contributed by atoms with E-state index < -0.39 is 17.5 Å². The smallest absolute Gasteiger partial charge is 0.407 e. The Morgan fingerprint density at radius 1 is 0.974 bits per heavy atom. The van der Waals surface area contributed by atoms with Gasteiger partial charge in [0, 0.05) is 28.1 Å². The van der Waals surface area contributed by atoms with Crippen molar-refractivity contribution in [3.8, 4) is 16.9 Å². The molecule has 0 aliphatic heterocycles. The molecule has 2 amide bonds. The molecule has 7 heteroatoms. The van der Waals surface area contributed by atoms with E-state index >= 15 is 0 Å². The topological polar surface area (TPSA) is 104 Å². The fourth-order valence-electron chi connectivity index (χ4n) is 4.46. The van der Waals surface area contributed by atoms with Gasteiger partial charge in [0.1, 0.15) is 19.0 Å². The fraction of sp³-hybridized carbons (Fsp3) is 0.406. The first-order chi connectivity index (χ1) is 18.3. The number of rotatable bonds is 9. The number of nitrogens with zero attached hydrogens (tertiary/aromatic N) is 1. The van der Waals surface area contributed by atoms with E-state index in [2.05, 4.69) is 43.4 Å². The van der Waals surface area contributed by atoms with Crippen LogP contribution in [0.2, 0.25) is 0 Å². The fourth-order valence-corrected chi connectivity index (χ4v) is 4.46. The lowest BCUT2D eigenvalue weighted by Gasteiger charge is -2.24. The van der Waals surface area contributed by atoms with Crippen molar-refractivity contribution in [1.82, 2.24) is 10.3 Å². The number of para-hydroxylation sites is 1. The SMILES string of the molecule is Cc1ccc(-c2c(COc3c(C)cccc3C(N)=O)c(C)nc(CC(C)C)c2COC(=O)NC(C)(C)C)cc1. The molecule has 3 rings (SSSR count). The maximum atomic E-state index is 12.6. The van der Waals surface area contributed by atoms with E-state index in [1.54, 1.807) is 12.1 Å². The summed E-state index contributed by atoms with van der Waals surface area (Å²) in [5.74, 6) is 0.249. The molecule has 0 unspecified atom stereocenters. The van der Waals surface area contributed by atoms with Gasteiger partial charge in [-0.2, -0.15) is 0 Å². The van der Waals surface area contributed by atoms with Gasteiger partial charge < -0.3 is 20.5 Å². The second-order valence-electron chi connectivity index (χ2n) is 11.5. The summed E-state index contributed by atoms with van der Waals surface area (Å²) in [6.07, 6.45) is 0.238. The molecule has 0 fully saturated rings. The van der Waals surface area contributed by atoms with E-state index in [4.69, 9.17) is 20.2 Å². The zero-order chi connectivity index (χ0) is 28.9. The van der Waals surface area contributed by atoms with Crippen molar-refractivity contribution >= 4 is 12.0 Å². The van der Waals surface area contributed by atoms with Gasteiger partial charge in [-0.3, -0.25) is 9.78 Å². The lowest BCUT2D eigenvalue weighted by Crippen LogP contribution is -2.40. The first kappa shape index (κ1) is 29.7. The van der Waals surface area contributed by atoms with E-state index in [0.717, 1.165) is 51.2 Å². The van der Waals surface area contributed by atoms with E-state index in [0.29, 0.717) is 17.2 Å². The second-order valence-corrected chi connectivity index (χ2v) is 11.5. The molecule has 208 valence electrons. The third-order valence-electron chi connectivity index (χ3n) is 6.30. The maximum absolute atomic E-state index is 12.6. The molecular weight excluding hydrogens is 490 g/mol. The molecule has 3 aromatic rings. The molecule has 3 N–H and O–H groups in total. The number of aryl methyl sites for hydroxylation is 3. The molecule has 1 heterocycles. The van der Waals surface area contributed by atoms with Crippen LogP contribution in [0.1, 0.15) is 78.6 Å². The zero-order valence-electron chi connectivity index (χ0n) is 24.4. The predicted molar refractivity (Wildman–Crippen MR) is 155 cm³/mol. The van der Waals surface area contributed by atoms with E-state index in [1.807, 2.05) is 47.6 Å². The Bertz CT molecular complexity index is 1340. The van der Waals surface area contributed by atoms with Crippen LogP contribution in [0.15, 0.2) is 42.5 Å². The normalized spacial score (nSPS) is 11.4. The number of ether oxygens (including phenoxy) is 2. The summed E-state index contributed by atoms with van der Waals surface area (Å²) in [5.41, 5.74) is 12.8. The van der Waals surface area contributed by atoms with Gasteiger partial charge in [0.25, 0.3) is 5.91 Å². The Morgan fingerprint density at radius 3 is 2.23 bits per heavy atom. The Labute approximate surface area is 232 Å². The van der Waals surface area contributed by atoms with Crippen LogP contribution in [0, 0.1) is 26.7 Å². The van der Waals surface area contributed by atoms with E-state index in [9.17, 15) is 9.59 Å². The quantitative estimate of drug-likeness (QED) is 0.325. The highest BCUT2D eigenvalue weighted by atomic mass is 16.5. The average molecular weight is 532 g/mol. The third kappa shape index (κ3) is 7.82. The van der Waals surface area contributed by atoms with E-state index in [-0.39, 0.29) is 13.2 Å². The first-order valence-electron chi connectivity index (χ1n) is 13.3. The number of alkyl carbamates (subject to hydrolysis) is 1. The summed E-state index contributed by atoms with van der Waals surface area (Å²) >= 11 is 0. The minimum atomic E-state index is -0.548. The number of benzene rings is 2. The summed E-state index contributed by atoms with van der Waals surface area (Å²) in [4.78, 5) is 29.7. The van der Waals surface area contributed by atoms with Crippen molar-refractivity contribution in [2.75, 3.05) is 0 Å². The number of carbonyl (C=O) groups excluding carboxylic acids is 2. The van der Waals surface area contributed by atoms with Gasteiger partial charge in [-0.25, -0.2) is 4.79 Å². The lowest BCUT2D eigenvalue weighted by molar-refractivity contribution is 0.0995. The number of amides is 2. The number of hydrogen-bond acceptors (Lipinski definition) is 5. The van der Waals surface area contributed by atoms with Crippen LogP contribution >= 0.6 is 0 Å². The van der Waals surface area contributed by atoms with Gasteiger partial charge in [0.2, 0.25) is 0 Å². The van der Waals surface area contributed by atoms with Crippen LogP contribution in [0.4, 0.5) is 4.79 Å². The highest BCUT2D eigenvalue weighted by molar-refractivity contribution is 5.96. The van der Waals surface area contributed by atoms with Crippen LogP contribution in [-0.2, 0) is 24.4 Å². The molecular formula is C32H41N3O4. The maximum Gasteiger partial charge on any atom is 0.407 e. The van der Waals surface area contributed by atoms with Gasteiger partial charge in [-0.15, -0.1) is 0 Å². The molecule has 0 atom stereocenters. The average Bonchev–Trinajstić information content (AvgIpc) is 2.82. The highest BCUT2D eigenvalue weighted by Gasteiger charge is 2.23. The summed E-state index contributed by atoms with van der Waals surface area (Å²) < 4.78 is 12.0. The van der Waals surface area contributed by atoms with Crippen LogP contribution in [0.3, 0.4) is 0 Å². The number of hydrogen-bond donors (Lipinski definition) is 2. The van der Waals surface area contributed by atoms with E-state index in [1.165, 1.54) is 0 Å². The van der Waals surface area contributed by atoms with Crippen molar-refractivity contribution in [3.05, 3.63) is 81.7 Å². The van der Waals surface area contributed by atoms with Crippen molar-refractivity contribution in [3.63, 3.8) is 0 Å². The number of carbonyl (C=O) groups is 2. The second kappa shape index (κ2) is 12.3. The zero-order valence-corrected chi connectivity index (χ0v) is 24.4. The van der Waals surface area contributed by atoms with Crippen LogP contribution in [-0.4, -0.2) is 22.5 Å². The number of primary amides is 1. The predicted octanol–water partition coefficient (Wildman–Crippen LogP) is 6.57. The van der Waals surface area contributed by atoms with Crippen molar-refractivity contribution < 1.29 is 19.1 Å². The first-order valence-corrected chi connectivity index (χ1v) is 13.3. The number of nitrogens with one attached hydrogen (secondary N) is 1. The van der Waals surface area contributed by atoms with Gasteiger partial charge in [0.05, 0.1) is 5.56 Å². The summed E-state index contributed by atoms with van der Waals surface area (Å²) in [7, 11) is 0. The lowest BCUT2D eigenvalue weighted by atomic mass is 9.90. The van der Waals surface area contributed by atoms with Crippen LogP contribution in [0.25, 0.3) is 11.1 Å². The van der Waals surface area contributed by atoms with Crippen molar-refractivity contribution in [2.24, 2.45) is 11.7 Å². The largest absolute Gasteiger partial charge is 0.488 e. The molecule has 1 aromatic heterocycles. The Hall–Kier alpha value is -3.87. The summed E-state index contributed by atoms with van der Waals surface area (Å²) in [5, 5.41) is 2.86. The number of pyridine rings is 1. The van der Waals surface area contributed by atoms with Gasteiger partial charge in [-0.1, -0.05) is 55.8 Å². The van der Waals surface area contributed by atoms with Crippen LogP contribution < -0.4 is 15.8 Å².